The highest BCUT2D eigenvalue weighted by atomic mass is 16.5. The summed E-state index contributed by atoms with van der Waals surface area (Å²) in [7, 11) is 0. The maximum absolute atomic E-state index is 11.4. The number of carboxylic acids is 1. The lowest BCUT2D eigenvalue weighted by Crippen LogP contribution is -2.61. The van der Waals surface area contributed by atoms with Gasteiger partial charge in [0.25, 0.3) is 0 Å². The second-order valence-corrected chi connectivity index (χ2v) is 9.74. The fourth-order valence-corrected chi connectivity index (χ4v) is 6.62. The van der Waals surface area contributed by atoms with Gasteiger partial charge in [0.05, 0.1) is 5.56 Å². The summed E-state index contributed by atoms with van der Waals surface area (Å²) >= 11 is 0. The topological polar surface area (TPSA) is 46.5 Å². The maximum atomic E-state index is 11.4. The minimum Gasteiger partial charge on any atom is -0.487 e. The van der Waals surface area contributed by atoms with Gasteiger partial charge in [0.1, 0.15) is 11.4 Å². The molecule has 0 aromatic heterocycles. The van der Waals surface area contributed by atoms with Crippen LogP contribution in [0.15, 0.2) is 18.2 Å². The molecule has 4 atom stereocenters. The van der Waals surface area contributed by atoms with Crippen molar-refractivity contribution in [1.29, 1.82) is 0 Å². The van der Waals surface area contributed by atoms with Crippen molar-refractivity contribution in [2.24, 2.45) is 22.7 Å². The molecule has 3 heteroatoms. The van der Waals surface area contributed by atoms with E-state index in [1.54, 1.807) is 6.07 Å². The third-order valence-corrected chi connectivity index (χ3v) is 7.81. The average molecular weight is 342 g/mol. The highest BCUT2D eigenvalue weighted by Crippen LogP contribution is 2.64. The zero-order chi connectivity index (χ0) is 18.0. The fourth-order valence-electron chi connectivity index (χ4n) is 6.62. The first kappa shape index (κ1) is 16.9. The highest BCUT2D eigenvalue weighted by molar-refractivity contribution is 5.88. The van der Waals surface area contributed by atoms with E-state index in [0.29, 0.717) is 16.9 Å². The van der Waals surface area contributed by atoms with Crippen molar-refractivity contribution in [3.8, 4) is 5.75 Å². The molecule has 2 fully saturated rings. The van der Waals surface area contributed by atoms with E-state index in [9.17, 15) is 9.90 Å². The fraction of sp³-hybridized carbons (Fsp3) is 0.682. The number of ether oxygens (including phenoxy) is 1. The molecule has 136 valence electrons. The van der Waals surface area contributed by atoms with E-state index in [-0.39, 0.29) is 11.0 Å². The molecule has 2 saturated carbocycles. The van der Waals surface area contributed by atoms with Crippen molar-refractivity contribution in [2.75, 3.05) is 0 Å². The Morgan fingerprint density at radius 3 is 2.60 bits per heavy atom. The second kappa shape index (κ2) is 5.25. The Morgan fingerprint density at radius 1 is 1.12 bits per heavy atom. The van der Waals surface area contributed by atoms with Gasteiger partial charge in [-0.3, -0.25) is 0 Å². The third kappa shape index (κ3) is 2.42. The Bertz CT molecular complexity index is 722. The van der Waals surface area contributed by atoms with Crippen molar-refractivity contribution >= 4 is 5.97 Å². The average Bonchev–Trinajstić information content (AvgIpc) is 2.51. The molecular weight excluding hydrogens is 312 g/mol. The highest BCUT2D eigenvalue weighted by Gasteiger charge is 2.60. The zero-order valence-electron chi connectivity index (χ0n) is 15.9. The van der Waals surface area contributed by atoms with E-state index in [1.165, 1.54) is 25.7 Å². The standard InChI is InChI=1S/C22H30O3/c1-20(2)9-5-10-21(3)17(20)8-11-22(4)18(21)13-15-12-14(19(23)24)6-7-16(15)25-22/h6-7,12,17-18H,5,8-11,13H2,1-4H3,(H,23,24)/t17-,18+,21-,22+/m0/s1. The molecule has 4 rings (SSSR count). The molecule has 0 bridgehead atoms. The minimum atomic E-state index is -0.859. The number of carboxylic acid groups (broad SMARTS) is 1. The summed E-state index contributed by atoms with van der Waals surface area (Å²) < 4.78 is 6.55. The van der Waals surface area contributed by atoms with Gasteiger partial charge in [-0.2, -0.15) is 0 Å². The summed E-state index contributed by atoms with van der Waals surface area (Å²) in [6.45, 7) is 9.65. The van der Waals surface area contributed by atoms with Gasteiger partial charge >= 0.3 is 5.97 Å². The number of aromatic carboxylic acids is 1. The minimum absolute atomic E-state index is 0.129. The van der Waals surface area contributed by atoms with Crippen LogP contribution < -0.4 is 4.74 Å². The van der Waals surface area contributed by atoms with Crippen LogP contribution in [0.5, 0.6) is 5.75 Å². The van der Waals surface area contributed by atoms with Crippen LogP contribution in [0.2, 0.25) is 0 Å². The molecule has 0 amide bonds. The Morgan fingerprint density at radius 2 is 1.88 bits per heavy atom. The summed E-state index contributed by atoms with van der Waals surface area (Å²) in [4.78, 5) is 11.4. The number of carbonyl (C=O) groups is 1. The van der Waals surface area contributed by atoms with E-state index in [1.807, 2.05) is 12.1 Å². The Balaban J connectivity index is 1.76. The molecule has 1 aliphatic heterocycles. The molecule has 1 aromatic rings. The first-order valence-electron chi connectivity index (χ1n) is 9.71. The smallest absolute Gasteiger partial charge is 0.335 e. The van der Waals surface area contributed by atoms with Crippen molar-refractivity contribution in [1.82, 2.24) is 0 Å². The maximum Gasteiger partial charge on any atom is 0.335 e. The summed E-state index contributed by atoms with van der Waals surface area (Å²) in [6, 6.07) is 5.36. The van der Waals surface area contributed by atoms with E-state index in [2.05, 4.69) is 27.7 Å². The van der Waals surface area contributed by atoms with Crippen LogP contribution in [-0.4, -0.2) is 16.7 Å². The van der Waals surface area contributed by atoms with Gasteiger partial charge in [0.15, 0.2) is 0 Å². The molecule has 3 aliphatic rings. The quantitative estimate of drug-likeness (QED) is 0.751. The predicted molar refractivity (Wildman–Crippen MR) is 98.1 cm³/mol. The van der Waals surface area contributed by atoms with Crippen molar-refractivity contribution in [3.05, 3.63) is 29.3 Å². The lowest BCUT2D eigenvalue weighted by atomic mass is 9.44. The molecule has 1 N–H and O–H groups in total. The van der Waals surface area contributed by atoms with Gasteiger partial charge in [-0.1, -0.05) is 27.2 Å². The monoisotopic (exact) mass is 342 g/mol. The predicted octanol–water partition coefficient (Wildman–Crippen LogP) is 5.32. The largest absolute Gasteiger partial charge is 0.487 e. The summed E-state index contributed by atoms with van der Waals surface area (Å²) in [5.74, 6) is 1.21. The first-order chi connectivity index (χ1) is 11.7. The van der Waals surface area contributed by atoms with Crippen LogP contribution in [0.4, 0.5) is 0 Å². The molecule has 25 heavy (non-hydrogen) atoms. The molecular formula is C22H30O3. The van der Waals surface area contributed by atoms with Gasteiger partial charge in [-0.25, -0.2) is 4.79 Å². The molecule has 2 aliphatic carbocycles. The van der Waals surface area contributed by atoms with Crippen LogP contribution in [-0.2, 0) is 6.42 Å². The van der Waals surface area contributed by atoms with Gasteiger partial charge in [0.2, 0.25) is 0 Å². The van der Waals surface area contributed by atoms with E-state index < -0.39 is 5.97 Å². The van der Waals surface area contributed by atoms with Crippen LogP contribution in [0, 0.1) is 22.7 Å². The number of hydrogen-bond acceptors (Lipinski definition) is 2. The number of fused-ring (bicyclic) bond motifs is 4. The van der Waals surface area contributed by atoms with Gasteiger partial charge in [0, 0.05) is 5.92 Å². The van der Waals surface area contributed by atoms with E-state index >= 15 is 0 Å². The van der Waals surface area contributed by atoms with Gasteiger partial charge in [-0.15, -0.1) is 0 Å². The first-order valence-corrected chi connectivity index (χ1v) is 9.71. The molecule has 1 heterocycles. The summed E-state index contributed by atoms with van der Waals surface area (Å²) in [5, 5.41) is 9.34. The zero-order valence-corrected chi connectivity index (χ0v) is 15.9. The van der Waals surface area contributed by atoms with Crippen molar-refractivity contribution < 1.29 is 14.6 Å². The van der Waals surface area contributed by atoms with Crippen LogP contribution in [0.1, 0.15) is 75.7 Å². The molecule has 0 saturated heterocycles. The van der Waals surface area contributed by atoms with Crippen molar-refractivity contribution in [2.45, 2.75) is 71.8 Å². The second-order valence-electron chi connectivity index (χ2n) is 9.74. The summed E-state index contributed by atoms with van der Waals surface area (Å²) in [5.41, 5.74) is 1.97. The van der Waals surface area contributed by atoms with Gasteiger partial charge < -0.3 is 9.84 Å². The molecule has 0 unspecified atom stereocenters. The van der Waals surface area contributed by atoms with Crippen LogP contribution in [0.25, 0.3) is 0 Å². The normalized spacial score (nSPS) is 38.7. The van der Waals surface area contributed by atoms with E-state index in [0.717, 1.165) is 30.1 Å². The van der Waals surface area contributed by atoms with Crippen LogP contribution in [0.3, 0.4) is 0 Å². The van der Waals surface area contributed by atoms with Gasteiger partial charge in [-0.05, 0) is 79.5 Å². The Labute approximate surface area is 150 Å². The number of rotatable bonds is 1. The third-order valence-electron chi connectivity index (χ3n) is 7.81. The van der Waals surface area contributed by atoms with E-state index in [4.69, 9.17) is 4.74 Å². The lowest BCUT2D eigenvalue weighted by Gasteiger charge is -2.63. The van der Waals surface area contributed by atoms with Crippen molar-refractivity contribution in [3.63, 3.8) is 0 Å². The lowest BCUT2D eigenvalue weighted by molar-refractivity contribution is -0.162. The number of hydrogen-bond donors (Lipinski definition) is 1. The molecule has 1 aromatic carbocycles. The Kier molecular flexibility index (Phi) is 3.55. The SMILES string of the molecule is CC1(C)CCC[C@]2(C)[C@H]3Cc4cc(C(=O)O)ccc4O[C@]3(C)CC[C@@H]12. The molecule has 0 spiro atoms. The molecule has 0 radical (unpaired) electrons. The summed E-state index contributed by atoms with van der Waals surface area (Å²) in [6.07, 6.45) is 7.14. The Hall–Kier alpha value is -1.51. The molecule has 3 nitrogen and oxygen atoms in total. The number of benzene rings is 1. The van der Waals surface area contributed by atoms with Crippen LogP contribution >= 0.6 is 0 Å².